The third-order valence-electron chi connectivity index (χ3n) is 9.83. The molecule has 47 heavy (non-hydrogen) atoms. The van der Waals surface area contributed by atoms with Crippen molar-refractivity contribution in [1.29, 1.82) is 0 Å². The first-order valence-electron chi connectivity index (χ1n) is 16.2. The molecule has 2 N–H and O–H groups in total. The maximum Gasteiger partial charge on any atom is 0.280 e. The molecule has 0 unspecified atom stereocenters. The standard InChI is InChI=1S/C37H41N5O5/c1-7-36(8-2)31-35(5,47-34(3,4)45-31)32(46-36)42-23-38-28-29(42)39-33(40-30(28)43)41-37(24-15-11-9-12-16-24,25-17-13-10-14-18-25)26-19-21-27(44-6)22-20-26/h9-23,31-32H,7-8H2,1-6H3,(H2,39,40,41,43)/t31-,32+,35+/m0/s1. The van der Waals surface area contributed by atoms with Gasteiger partial charge in [-0.25, -0.2) is 4.98 Å². The number of hydrogen-bond acceptors (Lipinski definition) is 8. The van der Waals surface area contributed by atoms with Crippen molar-refractivity contribution < 1.29 is 18.9 Å². The van der Waals surface area contributed by atoms with Crippen LogP contribution in [-0.2, 0) is 19.7 Å². The van der Waals surface area contributed by atoms with Crippen LogP contribution in [0.5, 0.6) is 5.75 Å². The summed E-state index contributed by atoms with van der Waals surface area (Å²) in [5, 5.41) is 3.68. The van der Waals surface area contributed by atoms with E-state index in [0.29, 0.717) is 5.65 Å². The van der Waals surface area contributed by atoms with Gasteiger partial charge in [0.1, 0.15) is 23.0 Å². The number of imidazole rings is 1. The zero-order valence-electron chi connectivity index (χ0n) is 27.6. The first kappa shape index (κ1) is 31.1. The Morgan fingerprint density at radius 2 is 1.49 bits per heavy atom. The van der Waals surface area contributed by atoms with Crippen LogP contribution in [0.1, 0.15) is 70.4 Å². The number of H-pyrrole nitrogens is 1. The van der Waals surface area contributed by atoms with Crippen molar-refractivity contribution in [1.82, 2.24) is 19.5 Å². The predicted molar refractivity (Wildman–Crippen MR) is 179 cm³/mol. The van der Waals surface area contributed by atoms with E-state index in [4.69, 9.17) is 23.9 Å². The van der Waals surface area contributed by atoms with E-state index in [2.05, 4.69) is 53.4 Å². The van der Waals surface area contributed by atoms with Gasteiger partial charge in [0.25, 0.3) is 5.56 Å². The summed E-state index contributed by atoms with van der Waals surface area (Å²) >= 11 is 0. The number of hydrogen-bond donors (Lipinski definition) is 2. The molecule has 2 saturated heterocycles. The van der Waals surface area contributed by atoms with E-state index in [-0.39, 0.29) is 23.1 Å². The van der Waals surface area contributed by atoms with Crippen molar-refractivity contribution in [3.8, 4) is 5.75 Å². The second kappa shape index (κ2) is 11.3. The van der Waals surface area contributed by atoms with Gasteiger partial charge in [-0.05, 0) is 62.4 Å². The molecule has 0 aliphatic carbocycles. The van der Waals surface area contributed by atoms with Crippen molar-refractivity contribution >= 4 is 17.1 Å². The molecule has 2 aliphatic rings. The quantitative estimate of drug-likeness (QED) is 0.176. The van der Waals surface area contributed by atoms with Crippen LogP contribution >= 0.6 is 0 Å². The van der Waals surface area contributed by atoms with Crippen molar-refractivity contribution in [2.75, 3.05) is 12.4 Å². The fraction of sp³-hybridized carbons (Fsp3) is 0.378. The van der Waals surface area contributed by atoms with Gasteiger partial charge in [-0.3, -0.25) is 14.3 Å². The molecule has 0 bridgehead atoms. The van der Waals surface area contributed by atoms with Gasteiger partial charge in [-0.15, -0.1) is 0 Å². The topological polar surface area (TPSA) is 113 Å². The lowest BCUT2D eigenvalue weighted by Crippen LogP contribution is -2.46. The Morgan fingerprint density at radius 1 is 0.894 bits per heavy atom. The Bertz CT molecular complexity index is 1900. The molecular weight excluding hydrogens is 594 g/mol. The van der Waals surface area contributed by atoms with Crippen molar-refractivity contribution in [3.63, 3.8) is 0 Å². The van der Waals surface area contributed by atoms with Crippen LogP contribution in [0.4, 0.5) is 5.95 Å². The number of ether oxygens (including phenoxy) is 4. The first-order valence-corrected chi connectivity index (χ1v) is 16.2. The van der Waals surface area contributed by atoms with Crippen LogP contribution in [0.25, 0.3) is 11.2 Å². The molecule has 2 aliphatic heterocycles. The lowest BCUT2D eigenvalue weighted by atomic mass is 9.77. The lowest BCUT2D eigenvalue weighted by molar-refractivity contribution is -0.234. The number of methoxy groups -OCH3 is 1. The van der Waals surface area contributed by atoms with Gasteiger partial charge in [-0.1, -0.05) is 86.6 Å². The zero-order chi connectivity index (χ0) is 33.0. The monoisotopic (exact) mass is 635 g/mol. The average molecular weight is 636 g/mol. The maximum atomic E-state index is 13.7. The molecule has 7 rings (SSSR count). The van der Waals surface area contributed by atoms with Crippen LogP contribution in [0, 0.1) is 0 Å². The Hall–Kier alpha value is -4.51. The molecule has 10 heteroatoms. The summed E-state index contributed by atoms with van der Waals surface area (Å²) in [7, 11) is 1.65. The minimum Gasteiger partial charge on any atom is -0.497 e. The van der Waals surface area contributed by atoms with Crippen LogP contribution in [0.2, 0.25) is 0 Å². The summed E-state index contributed by atoms with van der Waals surface area (Å²) < 4.78 is 27.3. The van der Waals surface area contributed by atoms with Crippen molar-refractivity contribution in [2.24, 2.45) is 0 Å². The highest BCUT2D eigenvalue weighted by Gasteiger charge is 2.69. The largest absolute Gasteiger partial charge is 0.497 e. The number of aromatic nitrogens is 4. The zero-order valence-corrected chi connectivity index (χ0v) is 27.6. The van der Waals surface area contributed by atoms with Crippen molar-refractivity contribution in [3.05, 3.63) is 118 Å². The SMILES string of the molecule is CCC1(CC)O[C@@H](n2cnc3c(=O)[nH]c(NC(c4ccccc4)(c4ccccc4)c4ccc(OC)cc4)nc32)[C@]2(C)OC(C)(C)O[C@H]12. The Morgan fingerprint density at radius 3 is 2.06 bits per heavy atom. The van der Waals surface area contributed by atoms with E-state index in [1.807, 2.05) is 86.0 Å². The number of nitrogens with zero attached hydrogens (tertiary/aromatic N) is 3. The normalized spacial score (nSPS) is 23.1. The van der Waals surface area contributed by atoms with E-state index >= 15 is 0 Å². The molecule has 10 nitrogen and oxygen atoms in total. The van der Waals surface area contributed by atoms with Gasteiger partial charge in [0.05, 0.1) is 19.0 Å². The van der Waals surface area contributed by atoms with Gasteiger partial charge in [0.15, 0.2) is 23.2 Å². The number of nitrogens with one attached hydrogen (secondary N) is 2. The molecule has 3 atom stereocenters. The van der Waals surface area contributed by atoms with Crippen LogP contribution in [0.3, 0.4) is 0 Å². The molecule has 2 aromatic heterocycles. The van der Waals surface area contributed by atoms with E-state index in [1.165, 1.54) is 0 Å². The minimum absolute atomic E-state index is 0.206. The molecule has 5 aromatic rings. The molecule has 0 amide bonds. The average Bonchev–Trinajstić information content (AvgIpc) is 3.70. The summed E-state index contributed by atoms with van der Waals surface area (Å²) in [6.45, 7) is 10.1. The maximum absolute atomic E-state index is 13.7. The van der Waals surface area contributed by atoms with E-state index in [0.717, 1.165) is 35.3 Å². The Balaban J connectivity index is 1.41. The van der Waals surface area contributed by atoms with Crippen LogP contribution < -0.4 is 15.6 Å². The minimum atomic E-state index is -0.948. The highest BCUT2D eigenvalue weighted by atomic mass is 16.8. The molecule has 2 fully saturated rings. The lowest BCUT2D eigenvalue weighted by Gasteiger charge is -2.37. The molecule has 0 radical (unpaired) electrons. The van der Waals surface area contributed by atoms with Gasteiger partial charge in [-0.2, -0.15) is 4.98 Å². The highest BCUT2D eigenvalue weighted by Crippen LogP contribution is 2.57. The Labute approximate surface area is 274 Å². The molecule has 0 saturated carbocycles. The summed E-state index contributed by atoms with van der Waals surface area (Å²) in [6, 6.07) is 28.1. The van der Waals surface area contributed by atoms with E-state index in [1.54, 1.807) is 13.4 Å². The van der Waals surface area contributed by atoms with Gasteiger partial charge < -0.3 is 24.3 Å². The molecule has 244 valence electrons. The first-order chi connectivity index (χ1) is 22.6. The molecule has 4 heterocycles. The number of benzene rings is 3. The Kier molecular flexibility index (Phi) is 7.50. The third kappa shape index (κ3) is 4.85. The highest BCUT2D eigenvalue weighted by molar-refractivity contribution is 5.72. The van der Waals surface area contributed by atoms with E-state index in [9.17, 15) is 4.79 Å². The predicted octanol–water partition coefficient (Wildman–Crippen LogP) is 6.53. The summed E-state index contributed by atoms with van der Waals surface area (Å²) in [5.74, 6) is 0.197. The second-order valence-electron chi connectivity index (χ2n) is 13.0. The number of rotatable bonds is 9. The fourth-order valence-electron chi connectivity index (χ4n) is 7.61. The fourth-order valence-corrected chi connectivity index (χ4v) is 7.61. The summed E-state index contributed by atoms with van der Waals surface area (Å²) in [6.07, 6.45) is 2.10. The summed E-state index contributed by atoms with van der Waals surface area (Å²) in [4.78, 5) is 26.3. The van der Waals surface area contributed by atoms with Crippen LogP contribution in [0.15, 0.2) is 96.1 Å². The van der Waals surface area contributed by atoms with Gasteiger partial charge in [0.2, 0.25) is 5.95 Å². The van der Waals surface area contributed by atoms with Crippen molar-refractivity contribution in [2.45, 2.75) is 82.3 Å². The smallest absolute Gasteiger partial charge is 0.280 e. The second-order valence-corrected chi connectivity index (χ2v) is 13.0. The molecular formula is C37H41N5O5. The summed E-state index contributed by atoms with van der Waals surface area (Å²) in [5.41, 5.74) is 0.652. The molecule has 3 aromatic carbocycles. The van der Waals surface area contributed by atoms with E-state index < -0.39 is 28.8 Å². The number of aromatic amines is 1. The number of fused-ring (bicyclic) bond motifs is 2. The molecule has 0 spiro atoms. The van der Waals surface area contributed by atoms with Gasteiger partial charge >= 0.3 is 0 Å². The number of anilines is 1. The third-order valence-corrected chi connectivity index (χ3v) is 9.83. The van der Waals surface area contributed by atoms with Gasteiger partial charge in [0, 0.05) is 0 Å². The van der Waals surface area contributed by atoms with Crippen LogP contribution in [-0.4, -0.2) is 49.7 Å².